The van der Waals surface area contributed by atoms with E-state index in [4.69, 9.17) is 4.74 Å². The number of nitrogens with one attached hydrogen (secondary N) is 1. The van der Waals surface area contributed by atoms with Gasteiger partial charge in [-0.3, -0.25) is 4.79 Å². The Morgan fingerprint density at radius 3 is 2.65 bits per heavy atom. The largest absolute Gasteiger partial charge is 0.497 e. The molecule has 0 spiro atoms. The number of benzene rings is 1. The maximum Gasteiger partial charge on any atom is 0.226 e. The number of ether oxygens (including phenoxy) is 1. The zero-order valence-corrected chi connectivity index (χ0v) is 13.3. The van der Waals surface area contributed by atoms with E-state index in [2.05, 4.69) is 10.4 Å². The monoisotopic (exact) mass is 311 g/mol. The van der Waals surface area contributed by atoms with Crippen LogP contribution in [-0.4, -0.2) is 22.8 Å². The first-order chi connectivity index (χ1) is 11.3. The molecule has 2 aliphatic rings. The van der Waals surface area contributed by atoms with Gasteiger partial charge in [0.1, 0.15) is 11.6 Å². The van der Waals surface area contributed by atoms with Gasteiger partial charge in [-0.15, -0.1) is 0 Å². The van der Waals surface area contributed by atoms with E-state index in [1.54, 1.807) is 7.11 Å². The first-order valence-corrected chi connectivity index (χ1v) is 8.27. The second-order valence-corrected chi connectivity index (χ2v) is 6.41. The van der Waals surface area contributed by atoms with Gasteiger partial charge in [-0.25, -0.2) is 4.68 Å². The minimum Gasteiger partial charge on any atom is -0.497 e. The smallest absolute Gasteiger partial charge is 0.226 e. The molecular weight excluding hydrogens is 290 g/mol. The highest BCUT2D eigenvalue weighted by molar-refractivity contribution is 5.94. The normalized spacial score (nSPS) is 21.1. The zero-order chi connectivity index (χ0) is 15.8. The molecule has 2 heterocycles. The van der Waals surface area contributed by atoms with Gasteiger partial charge in [-0.2, -0.15) is 5.10 Å². The van der Waals surface area contributed by atoms with Gasteiger partial charge in [0.15, 0.2) is 0 Å². The summed E-state index contributed by atoms with van der Waals surface area (Å²) in [6, 6.07) is 8.40. The molecule has 4 rings (SSSR count). The Bertz CT molecular complexity index is 714. The molecule has 2 aromatic rings. The highest BCUT2D eigenvalue weighted by Gasteiger charge is 2.32. The minimum atomic E-state index is 0.0677. The van der Waals surface area contributed by atoms with Gasteiger partial charge < -0.3 is 10.1 Å². The van der Waals surface area contributed by atoms with Crippen LogP contribution in [0, 0.1) is 0 Å². The second-order valence-electron chi connectivity index (χ2n) is 6.41. The molecule has 0 unspecified atom stereocenters. The van der Waals surface area contributed by atoms with E-state index in [1.165, 1.54) is 12.8 Å². The van der Waals surface area contributed by atoms with Crippen LogP contribution in [0.1, 0.15) is 55.2 Å². The quantitative estimate of drug-likeness (QED) is 0.944. The Morgan fingerprint density at radius 2 is 1.96 bits per heavy atom. The summed E-state index contributed by atoms with van der Waals surface area (Å²) in [6.45, 7) is 0. The summed E-state index contributed by atoms with van der Waals surface area (Å²) in [6.07, 6.45) is 7.19. The van der Waals surface area contributed by atoms with Crippen LogP contribution in [0.5, 0.6) is 5.75 Å². The van der Waals surface area contributed by atoms with Gasteiger partial charge in [-0.05, 0) is 30.5 Å². The van der Waals surface area contributed by atoms with Crippen molar-refractivity contribution in [1.82, 2.24) is 9.78 Å². The Balaban J connectivity index is 1.71. The summed E-state index contributed by atoms with van der Waals surface area (Å²) in [5.74, 6) is 1.86. The maximum atomic E-state index is 12.2. The lowest BCUT2D eigenvalue weighted by molar-refractivity contribution is -0.116. The molecule has 0 saturated heterocycles. The Hall–Kier alpha value is -2.30. The van der Waals surface area contributed by atoms with Crippen molar-refractivity contribution in [2.45, 2.75) is 44.1 Å². The van der Waals surface area contributed by atoms with Crippen LogP contribution in [0.2, 0.25) is 0 Å². The van der Waals surface area contributed by atoms with Gasteiger partial charge in [0.25, 0.3) is 0 Å². The van der Waals surface area contributed by atoms with E-state index in [9.17, 15) is 4.79 Å². The molecule has 0 radical (unpaired) electrons. The first kappa shape index (κ1) is 14.3. The van der Waals surface area contributed by atoms with Gasteiger partial charge in [0.2, 0.25) is 5.91 Å². The van der Waals surface area contributed by atoms with E-state index in [0.717, 1.165) is 35.5 Å². The third-order valence-corrected chi connectivity index (χ3v) is 5.04. The SMILES string of the molecule is COc1ccc([C@H]2CC(=O)Nc3c2cnn3C2CCCC2)cc1. The van der Waals surface area contributed by atoms with Crippen LogP contribution in [0.25, 0.3) is 0 Å². The number of nitrogens with zero attached hydrogens (tertiary/aromatic N) is 2. The Labute approximate surface area is 135 Å². The lowest BCUT2D eigenvalue weighted by Crippen LogP contribution is -2.25. The summed E-state index contributed by atoms with van der Waals surface area (Å²) >= 11 is 0. The Kier molecular flexibility index (Phi) is 3.56. The lowest BCUT2D eigenvalue weighted by atomic mass is 9.87. The van der Waals surface area contributed by atoms with Crippen molar-refractivity contribution in [3.63, 3.8) is 0 Å². The number of carbonyl (C=O) groups is 1. The van der Waals surface area contributed by atoms with Crippen LogP contribution in [0.4, 0.5) is 5.82 Å². The van der Waals surface area contributed by atoms with Crippen molar-refractivity contribution >= 4 is 11.7 Å². The second kappa shape index (κ2) is 5.72. The van der Waals surface area contributed by atoms with Crippen LogP contribution < -0.4 is 10.1 Å². The number of aromatic nitrogens is 2. The molecule has 0 bridgehead atoms. The van der Waals surface area contributed by atoms with E-state index in [0.29, 0.717) is 12.5 Å². The first-order valence-electron chi connectivity index (χ1n) is 8.27. The van der Waals surface area contributed by atoms with Crippen molar-refractivity contribution in [1.29, 1.82) is 0 Å². The van der Waals surface area contributed by atoms with Crippen LogP contribution in [0.15, 0.2) is 30.5 Å². The minimum absolute atomic E-state index is 0.0677. The van der Waals surface area contributed by atoms with Crippen LogP contribution in [0.3, 0.4) is 0 Å². The van der Waals surface area contributed by atoms with Crippen molar-refractivity contribution in [3.05, 3.63) is 41.6 Å². The number of hydrogen-bond donors (Lipinski definition) is 1. The molecule has 23 heavy (non-hydrogen) atoms. The van der Waals surface area contributed by atoms with Gasteiger partial charge >= 0.3 is 0 Å². The summed E-state index contributed by atoms with van der Waals surface area (Å²) < 4.78 is 7.26. The fourth-order valence-electron chi connectivity index (χ4n) is 3.80. The van der Waals surface area contributed by atoms with Crippen LogP contribution in [-0.2, 0) is 4.79 Å². The molecular formula is C18H21N3O2. The summed E-state index contributed by atoms with van der Waals surface area (Å²) in [5.41, 5.74) is 2.26. The summed E-state index contributed by atoms with van der Waals surface area (Å²) in [7, 11) is 1.66. The predicted octanol–water partition coefficient (Wildman–Crippen LogP) is 3.48. The lowest BCUT2D eigenvalue weighted by Gasteiger charge is -2.25. The zero-order valence-electron chi connectivity index (χ0n) is 13.3. The molecule has 5 heteroatoms. The highest BCUT2D eigenvalue weighted by atomic mass is 16.5. The summed E-state index contributed by atoms with van der Waals surface area (Å²) in [5, 5.41) is 7.65. The number of methoxy groups -OCH3 is 1. The van der Waals surface area contributed by atoms with Crippen molar-refractivity contribution in [3.8, 4) is 5.75 Å². The molecule has 1 fully saturated rings. The number of hydrogen-bond acceptors (Lipinski definition) is 3. The fraction of sp³-hybridized carbons (Fsp3) is 0.444. The van der Waals surface area contributed by atoms with E-state index in [1.807, 2.05) is 35.1 Å². The third-order valence-electron chi connectivity index (χ3n) is 5.04. The molecule has 1 saturated carbocycles. The number of carbonyl (C=O) groups excluding carboxylic acids is 1. The molecule has 1 aromatic heterocycles. The summed E-state index contributed by atoms with van der Waals surface area (Å²) in [4.78, 5) is 12.2. The number of rotatable bonds is 3. The van der Waals surface area contributed by atoms with Crippen molar-refractivity contribution in [2.24, 2.45) is 0 Å². The topological polar surface area (TPSA) is 56.1 Å². The predicted molar refractivity (Wildman–Crippen MR) is 87.8 cm³/mol. The van der Waals surface area contributed by atoms with Crippen molar-refractivity contribution in [2.75, 3.05) is 12.4 Å². The molecule has 120 valence electrons. The highest BCUT2D eigenvalue weighted by Crippen LogP contribution is 2.40. The maximum absolute atomic E-state index is 12.2. The Morgan fingerprint density at radius 1 is 1.22 bits per heavy atom. The third kappa shape index (κ3) is 2.50. The average Bonchev–Trinajstić information content (AvgIpc) is 3.23. The van der Waals surface area contributed by atoms with Gasteiger partial charge in [0, 0.05) is 17.9 Å². The fourth-order valence-corrected chi connectivity index (χ4v) is 3.80. The van der Waals surface area contributed by atoms with Gasteiger partial charge in [-0.1, -0.05) is 25.0 Å². The van der Waals surface area contributed by atoms with Crippen LogP contribution >= 0.6 is 0 Å². The molecule has 5 nitrogen and oxygen atoms in total. The molecule has 1 aliphatic carbocycles. The van der Waals surface area contributed by atoms with Gasteiger partial charge in [0.05, 0.1) is 19.3 Å². The standard InChI is InChI=1S/C18H21N3O2/c1-23-14-8-6-12(7-9-14)15-10-17(22)20-18-16(15)11-19-21(18)13-4-2-3-5-13/h6-9,11,13,15H,2-5,10H2,1H3,(H,20,22)/t15-/m1/s1. The molecule has 1 aromatic carbocycles. The number of fused-ring (bicyclic) bond motifs is 1. The van der Waals surface area contributed by atoms with Crippen molar-refractivity contribution < 1.29 is 9.53 Å². The molecule has 1 atom stereocenters. The number of amides is 1. The molecule has 1 aliphatic heterocycles. The average molecular weight is 311 g/mol. The molecule has 1 N–H and O–H groups in total. The number of anilines is 1. The van der Waals surface area contributed by atoms with E-state index >= 15 is 0 Å². The van der Waals surface area contributed by atoms with E-state index in [-0.39, 0.29) is 11.8 Å². The van der Waals surface area contributed by atoms with E-state index < -0.39 is 0 Å². The molecule has 1 amide bonds.